The van der Waals surface area contributed by atoms with Gasteiger partial charge in [0.1, 0.15) is 0 Å². The van der Waals surface area contributed by atoms with Gasteiger partial charge in [-0.1, -0.05) is 27.7 Å². The van der Waals surface area contributed by atoms with Gasteiger partial charge in [-0.25, -0.2) is 0 Å². The van der Waals surface area contributed by atoms with Crippen molar-refractivity contribution in [2.24, 2.45) is 11.3 Å². The minimum Gasteiger partial charge on any atom is -0.348 e. The molecule has 2 nitrogen and oxygen atoms in total. The smallest absolute Gasteiger partial charge is 0.151 e. The van der Waals surface area contributed by atoms with Gasteiger partial charge in [-0.05, 0) is 31.2 Å². The van der Waals surface area contributed by atoms with E-state index in [1.54, 1.807) is 0 Å². The van der Waals surface area contributed by atoms with E-state index in [-0.39, 0.29) is 5.41 Å². The lowest BCUT2D eigenvalue weighted by Gasteiger charge is -2.31. The number of rotatable bonds is 4. The predicted octanol–water partition coefficient (Wildman–Crippen LogP) is 3.60. The maximum atomic E-state index is 10.9. The molecule has 90 valence electrons. The quantitative estimate of drug-likeness (QED) is 0.712. The summed E-state index contributed by atoms with van der Waals surface area (Å²) < 4.78 is 2.25. The van der Waals surface area contributed by atoms with Gasteiger partial charge in [-0.15, -0.1) is 0 Å². The van der Waals surface area contributed by atoms with Crippen molar-refractivity contribution in [2.45, 2.75) is 48.1 Å². The zero-order valence-electron chi connectivity index (χ0n) is 11.3. The highest BCUT2D eigenvalue weighted by molar-refractivity contribution is 5.77. The Morgan fingerprint density at radius 2 is 1.94 bits per heavy atom. The molecule has 16 heavy (non-hydrogen) atoms. The Bertz CT molecular complexity index is 386. The number of nitrogens with zero attached hydrogens (tertiary/aromatic N) is 1. The molecular weight excluding hydrogens is 198 g/mol. The maximum Gasteiger partial charge on any atom is 0.151 e. The molecule has 0 atom stereocenters. The van der Waals surface area contributed by atoms with E-state index in [0.717, 1.165) is 24.1 Å². The Labute approximate surface area is 98.7 Å². The second kappa shape index (κ2) is 4.44. The third-order valence-corrected chi connectivity index (χ3v) is 3.87. The van der Waals surface area contributed by atoms with Crippen LogP contribution in [0.5, 0.6) is 0 Å². The first kappa shape index (κ1) is 13.0. The minimum absolute atomic E-state index is 0.245. The van der Waals surface area contributed by atoms with Crippen LogP contribution in [0.2, 0.25) is 0 Å². The number of hydrogen-bond acceptors (Lipinski definition) is 1. The second-order valence-electron chi connectivity index (χ2n) is 5.67. The molecule has 1 heterocycles. The molecule has 0 spiro atoms. The third kappa shape index (κ3) is 2.37. The molecule has 0 saturated heterocycles. The van der Waals surface area contributed by atoms with Crippen molar-refractivity contribution in [2.75, 3.05) is 0 Å². The minimum atomic E-state index is 0.245. The first-order chi connectivity index (χ1) is 7.29. The predicted molar refractivity (Wildman–Crippen MR) is 67.9 cm³/mol. The van der Waals surface area contributed by atoms with E-state index in [1.807, 2.05) is 13.0 Å². The molecule has 0 aliphatic rings. The molecular formula is C14H23NO. The zero-order valence-corrected chi connectivity index (χ0v) is 11.3. The summed E-state index contributed by atoms with van der Waals surface area (Å²) in [5.41, 5.74) is 3.32. The second-order valence-corrected chi connectivity index (χ2v) is 5.67. The fraction of sp³-hybridized carbons (Fsp3) is 0.643. The molecule has 0 unspecified atom stereocenters. The molecule has 0 radical (unpaired) electrons. The normalized spacial score (nSPS) is 12.2. The average Bonchev–Trinajstić information content (AvgIpc) is 2.44. The molecule has 1 rings (SSSR count). The highest BCUT2D eigenvalue weighted by Crippen LogP contribution is 2.30. The summed E-state index contributed by atoms with van der Waals surface area (Å²) in [6.07, 6.45) is 0.946. The van der Waals surface area contributed by atoms with Crippen molar-refractivity contribution in [1.29, 1.82) is 0 Å². The molecule has 0 aliphatic carbocycles. The van der Waals surface area contributed by atoms with Gasteiger partial charge in [0.15, 0.2) is 6.29 Å². The molecule has 0 aromatic carbocycles. The highest BCUT2D eigenvalue weighted by Gasteiger charge is 2.24. The average molecular weight is 221 g/mol. The number of aryl methyl sites for hydroxylation is 1. The van der Waals surface area contributed by atoms with Gasteiger partial charge >= 0.3 is 0 Å². The van der Waals surface area contributed by atoms with Crippen LogP contribution in [-0.4, -0.2) is 10.9 Å². The van der Waals surface area contributed by atoms with Crippen molar-refractivity contribution in [3.63, 3.8) is 0 Å². The largest absolute Gasteiger partial charge is 0.348 e. The van der Waals surface area contributed by atoms with Gasteiger partial charge < -0.3 is 4.57 Å². The molecule has 0 N–H and O–H groups in total. The van der Waals surface area contributed by atoms with Crippen LogP contribution in [0, 0.1) is 25.2 Å². The van der Waals surface area contributed by atoms with Crippen LogP contribution in [0.15, 0.2) is 6.07 Å². The van der Waals surface area contributed by atoms with Crippen LogP contribution in [-0.2, 0) is 6.54 Å². The van der Waals surface area contributed by atoms with Crippen molar-refractivity contribution in [1.82, 2.24) is 4.57 Å². The summed E-state index contributed by atoms with van der Waals surface area (Å²) >= 11 is 0. The van der Waals surface area contributed by atoms with Crippen molar-refractivity contribution in [3.8, 4) is 0 Å². The van der Waals surface area contributed by atoms with E-state index in [2.05, 4.69) is 39.2 Å². The molecule has 1 aromatic heterocycles. The van der Waals surface area contributed by atoms with E-state index in [1.165, 1.54) is 5.69 Å². The fourth-order valence-corrected chi connectivity index (χ4v) is 1.78. The van der Waals surface area contributed by atoms with Crippen molar-refractivity contribution < 1.29 is 4.79 Å². The number of aldehydes is 1. The third-order valence-electron chi connectivity index (χ3n) is 3.87. The number of carbonyl (C=O) groups excluding carboxylic acids is 1. The van der Waals surface area contributed by atoms with Crippen LogP contribution < -0.4 is 0 Å². The van der Waals surface area contributed by atoms with Crippen LogP contribution in [0.3, 0.4) is 0 Å². The lowest BCUT2D eigenvalue weighted by molar-refractivity contribution is 0.112. The Morgan fingerprint density at radius 3 is 2.31 bits per heavy atom. The molecule has 2 heteroatoms. The molecule has 0 fully saturated rings. The number of hydrogen-bond donors (Lipinski definition) is 0. The monoisotopic (exact) mass is 221 g/mol. The Balaban J connectivity index is 3.06. The van der Waals surface area contributed by atoms with Crippen LogP contribution in [0.1, 0.15) is 49.4 Å². The summed E-state index contributed by atoms with van der Waals surface area (Å²) in [7, 11) is 0. The van der Waals surface area contributed by atoms with E-state index >= 15 is 0 Å². The SMILES string of the molecule is Cc1cc(C=O)c(C)n1CC(C)(C)C(C)C. The Kier molecular flexibility index (Phi) is 3.61. The van der Waals surface area contributed by atoms with Crippen molar-refractivity contribution >= 4 is 6.29 Å². The van der Waals surface area contributed by atoms with Gasteiger partial charge in [0, 0.05) is 23.5 Å². The summed E-state index contributed by atoms with van der Waals surface area (Å²) in [6, 6.07) is 1.97. The molecule has 0 amide bonds. The Morgan fingerprint density at radius 1 is 1.38 bits per heavy atom. The van der Waals surface area contributed by atoms with Gasteiger partial charge in [-0.3, -0.25) is 4.79 Å². The zero-order chi connectivity index (χ0) is 12.5. The summed E-state index contributed by atoms with van der Waals surface area (Å²) in [4.78, 5) is 10.9. The van der Waals surface area contributed by atoms with Crippen molar-refractivity contribution in [3.05, 3.63) is 23.0 Å². The lowest BCUT2D eigenvalue weighted by Crippen LogP contribution is -2.26. The lowest BCUT2D eigenvalue weighted by atomic mass is 9.81. The topological polar surface area (TPSA) is 22.0 Å². The van der Waals surface area contributed by atoms with Crippen LogP contribution >= 0.6 is 0 Å². The van der Waals surface area contributed by atoms with Gasteiger partial charge in [0.2, 0.25) is 0 Å². The van der Waals surface area contributed by atoms with E-state index < -0.39 is 0 Å². The van der Waals surface area contributed by atoms with Crippen LogP contribution in [0.4, 0.5) is 0 Å². The highest BCUT2D eigenvalue weighted by atomic mass is 16.1. The first-order valence-electron chi connectivity index (χ1n) is 5.91. The van der Waals surface area contributed by atoms with Crippen LogP contribution in [0.25, 0.3) is 0 Å². The maximum absolute atomic E-state index is 10.9. The van der Waals surface area contributed by atoms with E-state index in [9.17, 15) is 4.79 Å². The molecule has 0 saturated carbocycles. The standard InChI is InChI=1S/C14H23NO/c1-10(2)14(5,6)9-15-11(3)7-13(8-16)12(15)4/h7-8,10H,9H2,1-6H3. The Hall–Kier alpha value is -1.05. The fourth-order valence-electron chi connectivity index (χ4n) is 1.78. The summed E-state index contributed by atoms with van der Waals surface area (Å²) in [6.45, 7) is 14.1. The first-order valence-corrected chi connectivity index (χ1v) is 5.91. The van der Waals surface area contributed by atoms with Gasteiger partial charge in [0.25, 0.3) is 0 Å². The molecule has 1 aromatic rings. The van der Waals surface area contributed by atoms with E-state index in [4.69, 9.17) is 0 Å². The number of carbonyl (C=O) groups is 1. The number of aromatic nitrogens is 1. The molecule has 0 bridgehead atoms. The molecule has 0 aliphatic heterocycles. The summed E-state index contributed by atoms with van der Waals surface area (Å²) in [5.74, 6) is 0.619. The van der Waals surface area contributed by atoms with Gasteiger partial charge in [0.05, 0.1) is 0 Å². The summed E-state index contributed by atoms with van der Waals surface area (Å²) in [5, 5.41) is 0. The van der Waals surface area contributed by atoms with E-state index in [0.29, 0.717) is 5.92 Å². The van der Waals surface area contributed by atoms with Gasteiger partial charge in [-0.2, -0.15) is 0 Å².